The standard InChI is InChI=1S/C13H18F3NO/c1-3-10(2)17-7-8-18-12-6-4-5-11(9-12)13(14,15)16/h4-6,9-10,17H,3,7-8H2,1-2H3/t10-/m0/s1. The quantitative estimate of drug-likeness (QED) is 0.792. The zero-order valence-electron chi connectivity index (χ0n) is 10.6. The number of nitrogens with one attached hydrogen (secondary N) is 1. The Bertz CT molecular complexity index is 365. The van der Waals surface area contributed by atoms with Gasteiger partial charge >= 0.3 is 6.18 Å². The van der Waals surface area contributed by atoms with Crippen LogP contribution in [0.4, 0.5) is 13.2 Å². The summed E-state index contributed by atoms with van der Waals surface area (Å²) in [6, 6.07) is 5.31. The van der Waals surface area contributed by atoms with Gasteiger partial charge in [0.25, 0.3) is 0 Å². The van der Waals surface area contributed by atoms with Crippen molar-refractivity contribution in [3.05, 3.63) is 29.8 Å². The molecular weight excluding hydrogens is 243 g/mol. The van der Waals surface area contributed by atoms with Crippen LogP contribution in [0.3, 0.4) is 0 Å². The Morgan fingerprint density at radius 1 is 1.33 bits per heavy atom. The highest BCUT2D eigenvalue weighted by molar-refractivity contribution is 5.30. The molecule has 0 amide bonds. The monoisotopic (exact) mass is 261 g/mol. The maximum absolute atomic E-state index is 12.4. The van der Waals surface area contributed by atoms with E-state index in [1.807, 2.05) is 6.92 Å². The molecule has 0 aliphatic rings. The molecular formula is C13H18F3NO. The van der Waals surface area contributed by atoms with Crippen molar-refractivity contribution in [2.45, 2.75) is 32.5 Å². The summed E-state index contributed by atoms with van der Waals surface area (Å²) < 4.78 is 42.6. The maximum atomic E-state index is 12.4. The zero-order valence-corrected chi connectivity index (χ0v) is 10.6. The van der Waals surface area contributed by atoms with Crippen molar-refractivity contribution in [3.8, 4) is 5.75 Å². The summed E-state index contributed by atoms with van der Waals surface area (Å²) in [6.45, 7) is 5.08. The predicted octanol–water partition coefficient (Wildman–Crippen LogP) is 3.47. The number of ether oxygens (including phenoxy) is 1. The van der Waals surface area contributed by atoms with Gasteiger partial charge in [-0.15, -0.1) is 0 Å². The highest BCUT2D eigenvalue weighted by Gasteiger charge is 2.30. The largest absolute Gasteiger partial charge is 0.492 e. The summed E-state index contributed by atoms with van der Waals surface area (Å²) in [5.41, 5.74) is -0.685. The summed E-state index contributed by atoms with van der Waals surface area (Å²) in [5, 5.41) is 3.20. The average Bonchev–Trinajstić information content (AvgIpc) is 2.33. The third-order valence-corrected chi connectivity index (χ3v) is 2.64. The van der Waals surface area contributed by atoms with Crippen molar-refractivity contribution < 1.29 is 17.9 Å². The Morgan fingerprint density at radius 2 is 2.06 bits per heavy atom. The fourth-order valence-electron chi connectivity index (χ4n) is 1.38. The number of hydrogen-bond donors (Lipinski definition) is 1. The Labute approximate surface area is 105 Å². The molecule has 0 saturated heterocycles. The SMILES string of the molecule is CC[C@H](C)NCCOc1cccc(C(F)(F)F)c1. The number of rotatable bonds is 6. The number of alkyl halides is 3. The van der Waals surface area contributed by atoms with Crippen LogP contribution in [0.15, 0.2) is 24.3 Å². The normalized spacial score (nSPS) is 13.4. The van der Waals surface area contributed by atoms with Gasteiger partial charge in [0.15, 0.2) is 0 Å². The van der Waals surface area contributed by atoms with Gasteiger partial charge in [-0.25, -0.2) is 0 Å². The van der Waals surface area contributed by atoms with Crippen LogP contribution in [0.1, 0.15) is 25.8 Å². The van der Waals surface area contributed by atoms with Gasteiger partial charge in [0, 0.05) is 12.6 Å². The molecule has 0 heterocycles. The smallest absolute Gasteiger partial charge is 0.416 e. The van der Waals surface area contributed by atoms with Crippen molar-refractivity contribution >= 4 is 0 Å². The molecule has 1 aromatic rings. The van der Waals surface area contributed by atoms with E-state index < -0.39 is 11.7 Å². The molecule has 0 saturated carbocycles. The summed E-state index contributed by atoms with van der Waals surface area (Å²) >= 11 is 0. The topological polar surface area (TPSA) is 21.3 Å². The molecule has 0 aromatic heterocycles. The fourth-order valence-corrected chi connectivity index (χ4v) is 1.38. The molecule has 18 heavy (non-hydrogen) atoms. The molecule has 0 radical (unpaired) electrons. The molecule has 1 N–H and O–H groups in total. The van der Waals surface area contributed by atoms with E-state index in [0.29, 0.717) is 19.2 Å². The molecule has 0 bridgehead atoms. The first-order valence-electron chi connectivity index (χ1n) is 5.97. The van der Waals surface area contributed by atoms with Crippen molar-refractivity contribution in [1.82, 2.24) is 5.32 Å². The molecule has 102 valence electrons. The molecule has 0 spiro atoms. The second-order valence-corrected chi connectivity index (χ2v) is 4.14. The minimum absolute atomic E-state index is 0.246. The lowest BCUT2D eigenvalue weighted by Gasteiger charge is -2.13. The van der Waals surface area contributed by atoms with Crippen LogP contribution >= 0.6 is 0 Å². The third kappa shape index (κ3) is 4.96. The highest BCUT2D eigenvalue weighted by atomic mass is 19.4. The molecule has 0 fully saturated rings. The van der Waals surface area contributed by atoms with E-state index in [-0.39, 0.29) is 5.75 Å². The molecule has 1 atom stereocenters. The molecule has 2 nitrogen and oxygen atoms in total. The summed E-state index contributed by atoms with van der Waals surface area (Å²) in [4.78, 5) is 0. The first-order chi connectivity index (χ1) is 8.43. The first kappa shape index (κ1) is 14.8. The molecule has 1 rings (SSSR count). The van der Waals surface area contributed by atoms with Gasteiger partial charge in [0.2, 0.25) is 0 Å². The van der Waals surface area contributed by atoms with Gasteiger partial charge in [-0.1, -0.05) is 13.0 Å². The van der Waals surface area contributed by atoms with Crippen LogP contribution in [-0.2, 0) is 6.18 Å². The molecule has 5 heteroatoms. The molecule has 0 unspecified atom stereocenters. The van der Waals surface area contributed by atoms with E-state index in [9.17, 15) is 13.2 Å². The second kappa shape index (κ2) is 6.64. The van der Waals surface area contributed by atoms with E-state index in [4.69, 9.17) is 4.74 Å². The molecule has 1 aromatic carbocycles. The van der Waals surface area contributed by atoms with Crippen LogP contribution < -0.4 is 10.1 Å². The lowest BCUT2D eigenvalue weighted by molar-refractivity contribution is -0.137. The molecule has 0 aliphatic heterocycles. The van der Waals surface area contributed by atoms with Gasteiger partial charge in [-0.3, -0.25) is 0 Å². The summed E-state index contributed by atoms with van der Waals surface area (Å²) in [6.07, 6.45) is -3.32. The lowest BCUT2D eigenvalue weighted by atomic mass is 10.2. The number of halogens is 3. The van der Waals surface area contributed by atoms with E-state index in [2.05, 4.69) is 12.2 Å². The van der Waals surface area contributed by atoms with Crippen LogP contribution in [0.5, 0.6) is 5.75 Å². The Kier molecular flexibility index (Phi) is 5.47. The van der Waals surface area contributed by atoms with Gasteiger partial charge < -0.3 is 10.1 Å². The number of hydrogen-bond acceptors (Lipinski definition) is 2. The minimum atomic E-state index is -4.33. The third-order valence-electron chi connectivity index (χ3n) is 2.64. The van der Waals surface area contributed by atoms with Gasteiger partial charge in [0.05, 0.1) is 5.56 Å². The Morgan fingerprint density at radius 3 is 2.67 bits per heavy atom. The van der Waals surface area contributed by atoms with Crippen molar-refractivity contribution in [1.29, 1.82) is 0 Å². The van der Waals surface area contributed by atoms with Gasteiger partial charge in [0.1, 0.15) is 12.4 Å². The summed E-state index contributed by atoms with van der Waals surface area (Å²) in [5.74, 6) is 0.246. The first-order valence-corrected chi connectivity index (χ1v) is 5.97. The lowest BCUT2D eigenvalue weighted by Crippen LogP contribution is -2.29. The van der Waals surface area contributed by atoms with Crippen molar-refractivity contribution in [2.75, 3.05) is 13.2 Å². The second-order valence-electron chi connectivity index (χ2n) is 4.14. The van der Waals surface area contributed by atoms with Crippen LogP contribution in [0, 0.1) is 0 Å². The minimum Gasteiger partial charge on any atom is -0.492 e. The Hall–Kier alpha value is -1.23. The average molecular weight is 261 g/mol. The van der Waals surface area contributed by atoms with Crippen LogP contribution in [0.2, 0.25) is 0 Å². The van der Waals surface area contributed by atoms with Gasteiger partial charge in [-0.05, 0) is 31.5 Å². The van der Waals surface area contributed by atoms with Gasteiger partial charge in [-0.2, -0.15) is 13.2 Å². The van der Waals surface area contributed by atoms with E-state index in [0.717, 1.165) is 18.6 Å². The van der Waals surface area contributed by atoms with Crippen molar-refractivity contribution in [2.24, 2.45) is 0 Å². The highest BCUT2D eigenvalue weighted by Crippen LogP contribution is 2.31. The van der Waals surface area contributed by atoms with Crippen molar-refractivity contribution in [3.63, 3.8) is 0 Å². The van der Waals surface area contributed by atoms with Crippen LogP contribution in [0.25, 0.3) is 0 Å². The summed E-state index contributed by atoms with van der Waals surface area (Å²) in [7, 11) is 0. The number of benzene rings is 1. The molecule has 0 aliphatic carbocycles. The fraction of sp³-hybridized carbons (Fsp3) is 0.538. The van der Waals surface area contributed by atoms with E-state index >= 15 is 0 Å². The Balaban J connectivity index is 2.43. The maximum Gasteiger partial charge on any atom is 0.416 e. The zero-order chi connectivity index (χ0) is 13.6. The van der Waals surface area contributed by atoms with E-state index in [1.54, 1.807) is 0 Å². The van der Waals surface area contributed by atoms with Crippen LogP contribution in [-0.4, -0.2) is 19.2 Å². The van der Waals surface area contributed by atoms with E-state index in [1.165, 1.54) is 12.1 Å². The predicted molar refractivity (Wildman–Crippen MR) is 64.7 cm³/mol.